The van der Waals surface area contributed by atoms with Gasteiger partial charge in [-0.3, -0.25) is 9.59 Å². The van der Waals surface area contributed by atoms with E-state index in [-0.39, 0.29) is 17.0 Å². The van der Waals surface area contributed by atoms with E-state index < -0.39 is 42.7 Å². The Morgan fingerprint density at radius 1 is 1.06 bits per heavy atom. The number of hydrogen-bond donors (Lipinski definition) is 1. The quantitative estimate of drug-likeness (QED) is 0.321. The van der Waals surface area contributed by atoms with Gasteiger partial charge in [-0.15, -0.1) is 23.5 Å². The van der Waals surface area contributed by atoms with Gasteiger partial charge in [-0.05, 0) is 38.7 Å². The van der Waals surface area contributed by atoms with Crippen LogP contribution in [-0.2, 0) is 23.8 Å². The van der Waals surface area contributed by atoms with Crippen LogP contribution in [0.2, 0.25) is 0 Å². The van der Waals surface area contributed by atoms with E-state index in [0.29, 0.717) is 5.56 Å². The minimum absolute atomic E-state index is 0.116. The van der Waals surface area contributed by atoms with E-state index in [9.17, 15) is 19.2 Å². The lowest BCUT2D eigenvalue weighted by Gasteiger charge is -2.24. The zero-order valence-corrected chi connectivity index (χ0v) is 20.1. The summed E-state index contributed by atoms with van der Waals surface area (Å²) in [7, 11) is 0. The molecule has 1 aromatic carbocycles. The van der Waals surface area contributed by atoms with E-state index in [0.717, 1.165) is 17.9 Å². The normalized spacial score (nSPS) is 15.3. The fraction of sp³-hybridized carbons (Fsp3) is 0.545. The van der Waals surface area contributed by atoms with E-state index in [1.165, 1.54) is 0 Å². The van der Waals surface area contributed by atoms with Gasteiger partial charge in [0.2, 0.25) is 0 Å². The molecule has 1 fully saturated rings. The summed E-state index contributed by atoms with van der Waals surface area (Å²) >= 11 is 3.41. The molecule has 1 saturated heterocycles. The standard InChI is InChI=1S/C22H29NO7S2/c1-22(2,3)30-21(27)23-16(20(26)29-14-19-31-10-7-11-32-19)12-18(25)28-13-17(24)15-8-5-4-6-9-15/h4-6,8-9,16,19H,7,10-14H2,1-3H3,(H,23,27)/t16-/m0/s1. The SMILES string of the molecule is CC(C)(C)OC(=O)N[C@@H](CC(=O)OCC(=O)c1ccccc1)C(=O)OCC1SCCCS1. The number of alkyl carbamates (subject to hydrolysis) is 1. The second-order valence-electron chi connectivity index (χ2n) is 8.01. The molecule has 0 saturated carbocycles. The molecular weight excluding hydrogens is 454 g/mol. The number of benzene rings is 1. The molecule has 0 aliphatic carbocycles. The molecule has 1 aliphatic rings. The van der Waals surface area contributed by atoms with Crippen LogP contribution in [0.1, 0.15) is 44.0 Å². The van der Waals surface area contributed by atoms with Gasteiger partial charge in [-0.2, -0.15) is 0 Å². The highest BCUT2D eigenvalue weighted by molar-refractivity contribution is 8.17. The van der Waals surface area contributed by atoms with Crippen molar-refractivity contribution in [2.45, 2.75) is 49.8 Å². The molecule has 1 aromatic rings. The van der Waals surface area contributed by atoms with Gasteiger partial charge >= 0.3 is 18.0 Å². The number of carbonyl (C=O) groups is 4. The second kappa shape index (κ2) is 12.7. The fourth-order valence-corrected chi connectivity index (χ4v) is 5.23. The predicted octanol–water partition coefficient (Wildman–Crippen LogP) is 3.44. The van der Waals surface area contributed by atoms with Crippen molar-refractivity contribution in [2.24, 2.45) is 0 Å². The van der Waals surface area contributed by atoms with Crippen molar-refractivity contribution in [1.29, 1.82) is 0 Å². The van der Waals surface area contributed by atoms with Gasteiger partial charge in [0.1, 0.15) is 18.2 Å². The molecule has 1 aliphatic heterocycles. The second-order valence-corrected chi connectivity index (χ2v) is 10.9. The Labute approximate surface area is 196 Å². The van der Waals surface area contributed by atoms with Crippen molar-refractivity contribution in [3.63, 3.8) is 0 Å². The summed E-state index contributed by atoms with van der Waals surface area (Å²) in [6.45, 7) is 4.75. The van der Waals surface area contributed by atoms with E-state index in [1.54, 1.807) is 74.6 Å². The number of Topliss-reactive ketones (excluding diaryl/α,β-unsaturated/α-hetero) is 1. The van der Waals surface area contributed by atoms with E-state index in [2.05, 4.69) is 5.32 Å². The highest BCUT2D eigenvalue weighted by Gasteiger charge is 2.29. The minimum Gasteiger partial charge on any atom is -0.462 e. The minimum atomic E-state index is -1.29. The van der Waals surface area contributed by atoms with Crippen molar-refractivity contribution in [3.05, 3.63) is 35.9 Å². The Morgan fingerprint density at radius 2 is 1.72 bits per heavy atom. The number of carbonyl (C=O) groups excluding carboxylic acids is 4. The van der Waals surface area contributed by atoms with Gasteiger partial charge in [-0.25, -0.2) is 9.59 Å². The van der Waals surface area contributed by atoms with Gasteiger partial charge < -0.3 is 19.5 Å². The largest absolute Gasteiger partial charge is 0.462 e. The van der Waals surface area contributed by atoms with Crippen molar-refractivity contribution in [2.75, 3.05) is 24.7 Å². The van der Waals surface area contributed by atoms with Crippen molar-refractivity contribution >= 4 is 47.3 Å². The molecule has 0 radical (unpaired) electrons. The molecule has 1 atom stereocenters. The maximum atomic E-state index is 12.6. The summed E-state index contributed by atoms with van der Waals surface area (Å²) in [6.07, 6.45) is -0.227. The summed E-state index contributed by atoms with van der Waals surface area (Å²) < 4.78 is 15.7. The van der Waals surface area contributed by atoms with Gasteiger partial charge in [-0.1, -0.05) is 30.3 Å². The Bertz CT molecular complexity index is 789. The number of ether oxygens (including phenoxy) is 3. The first-order valence-corrected chi connectivity index (χ1v) is 12.4. The highest BCUT2D eigenvalue weighted by atomic mass is 32.2. The molecule has 0 unspecified atom stereocenters. The molecule has 0 spiro atoms. The summed E-state index contributed by atoms with van der Waals surface area (Å²) in [4.78, 5) is 49.2. The molecule has 10 heteroatoms. The maximum absolute atomic E-state index is 12.6. The van der Waals surface area contributed by atoms with E-state index in [4.69, 9.17) is 14.2 Å². The Balaban J connectivity index is 1.92. The van der Waals surface area contributed by atoms with Crippen molar-refractivity contribution < 1.29 is 33.4 Å². The van der Waals surface area contributed by atoms with Gasteiger partial charge in [0, 0.05) is 5.56 Å². The average molecular weight is 484 g/mol. The van der Waals surface area contributed by atoms with Crippen LogP contribution in [0.25, 0.3) is 0 Å². The maximum Gasteiger partial charge on any atom is 0.408 e. The number of hydrogen-bond acceptors (Lipinski definition) is 9. The molecular formula is C22H29NO7S2. The number of thioether (sulfide) groups is 2. The van der Waals surface area contributed by atoms with Crippen molar-refractivity contribution in [3.8, 4) is 0 Å². The molecule has 1 heterocycles. The third-order valence-corrected chi connectivity index (χ3v) is 6.95. The molecule has 176 valence electrons. The molecule has 32 heavy (non-hydrogen) atoms. The monoisotopic (exact) mass is 483 g/mol. The summed E-state index contributed by atoms with van der Waals surface area (Å²) in [6, 6.07) is 7.11. The summed E-state index contributed by atoms with van der Waals surface area (Å²) in [5.41, 5.74) is -0.373. The lowest BCUT2D eigenvalue weighted by molar-refractivity contribution is -0.151. The topological polar surface area (TPSA) is 108 Å². The zero-order valence-electron chi connectivity index (χ0n) is 18.5. The summed E-state index contributed by atoms with van der Waals surface area (Å²) in [5.74, 6) is 0.0554. The number of rotatable bonds is 9. The number of amides is 1. The lowest BCUT2D eigenvalue weighted by atomic mass is 10.1. The number of esters is 2. The lowest BCUT2D eigenvalue weighted by Crippen LogP contribution is -2.46. The van der Waals surface area contributed by atoms with Crippen LogP contribution >= 0.6 is 23.5 Å². The predicted molar refractivity (Wildman–Crippen MR) is 124 cm³/mol. The summed E-state index contributed by atoms with van der Waals surface area (Å²) in [5, 5.41) is 2.38. The van der Waals surface area contributed by atoms with Gasteiger partial charge in [0.05, 0.1) is 11.0 Å². The van der Waals surface area contributed by atoms with Crippen molar-refractivity contribution in [1.82, 2.24) is 5.32 Å². The van der Waals surface area contributed by atoms with Crippen LogP contribution in [0, 0.1) is 0 Å². The van der Waals surface area contributed by atoms with Crippen LogP contribution in [0.15, 0.2) is 30.3 Å². The van der Waals surface area contributed by atoms with Crippen LogP contribution in [0.4, 0.5) is 4.79 Å². The van der Waals surface area contributed by atoms with Crippen LogP contribution in [-0.4, -0.2) is 64.8 Å². The molecule has 1 N–H and O–H groups in total. The van der Waals surface area contributed by atoms with Crippen LogP contribution in [0.5, 0.6) is 0 Å². The first-order valence-electron chi connectivity index (χ1n) is 10.3. The van der Waals surface area contributed by atoms with Gasteiger partial charge in [0.15, 0.2) is 12.4 Å². The van der Waals surface area contributed by atoms with E-state index >= 15 is 0 Å². The molecule has 2 rings (SSSR count). The number of ketones is 1. The zero-order chi connectivity index (χ0) is 23.6. The Kier molecular flexibility index (Phi) is 10.4. The molecule has 0 bridgehead atoms. The highest BCUT2D eigenvalue weighted by Crippen LogP contribution is 2.30. The third-order valence-electron chi connectivity index (χ3n) is 4.06. The Hall–Kier alpha value is -2.20. The van der Waals surface area contributed by atoms with Gasteiger partial charge in [0.25, 0.3) is 0 Å². The third kappa shape index (κ3) is 9.95. The molecule has 0 aromatic heterocycles. The Morgan fingerprint density at radius 3 is 2.34 bits per heavy atom. The smallest absolute Gasteiger partial charge is 0.408 e. The van der Waals surface area contributed by atoms with Crippen LogP contribution < -0.4 is 5.32 Å². The van der Waals surface area contributed by atoms with E-state index in [1.807, 2.05) is 0 Å². The molecule has 8 nitrogen and oxygen atoms in total. The first-order chi connectivity index (χ1) is 15.1. The molecule has 1 amide bonds. The average Bonchev–Trinajstić information content (AvgIpc) is 2.75. The number of nitrogens with one attached hydrogen (secondary N) is 1. The van der Waals surface area contributed by atoms with Crippen LogP contribution in [0.3, 0.4) is 0 Å². The first kappa shape index (κ1) is 26.1. The fourth-order valence-electron chi connectivity index (χ4n) is 2.61.